The first-order valence-corrected chi connectivity index (χ1v) is 6.98. The van der Waals surface area contributed by atoms with Gasteiger partial charge in [0.15, 0.2) is 0 Å². The lowest BCUT2D eigenvalue weighted by molar-refractivity contribution is 1.02. The first kappa shape index (κ1) is 13.5. The number of nitrogen functional groups attached to an aromatic ring is 1. The summed E-state index contributed by atoms with van der Waals surface area (Å²) in [4.78, 5) is 8.12. The number of nitrogens with two attached hydrogens (primary N) is 1. The van der Waals surface area contributed by atoms with Crippen molar-refractivity contribution in [3.63, 3.8) is 0 Å². The summed E-state index contributed by atoms with van der Waals surface area (Å²) in [7, 11) is 0. The van der Waals surface area contributed by atoms with Crippen molar-refractivity contribution >= 4 is 40.7 Å². The Morgan fingerprint density at radius 3 is 2.67 bits per heavy atom. The van der Waals surface area contributed by atoms with E-state index in [-0.39, 0.29) is 5.28 Å². The molecule has 0 saturated heterocycles. The van der Waals surface area contributed by atoms with Gasteiger partial charge in [-0.25, -0.2) is 9.97 Å². The van der Waals surface area contributed by atoms with E-state index in [4.69, 9.17) is 28.9 Å². The van der Waals surface area contributed by atoms with Crippen molar-refractivity contribution in [3.05, 3.63) is 45.8 Å². The first-order chi connectivity index (χ1) is 8.58. The van der Waals surface area contributed by atoms with Gasteiger partial charge in [0.05, 0.1) is 11.4 Å². The number of anilines is 1. The largest absolute Gasteiger partial charge is 0.395 e. The Balaban J connectivity index is 2.18. The van der Waals surface area contributed by atoms with Crippen LogP contribution in [-0.2, 0) is 5.75 Å². The van der Waals surface area contributed by atoms with Crippen LogP contribution in [0.25, 0.3) is 0 Å². The molecule has 1 aromatic heterocycles. The van der Waals surface area contributed by atoms with Crippen molar-refractivity contribution in [2.24, 2.45) is 0 Å². The van der Waals surface area contributed by atoms with Crippen LogP contribution in [0.4, 0.5) is 5.69 Å². The topological polar surface area (TPSA) is 51.8 Å². The van der Waals surface area contributed by atoms with E-state index in [2.05, 4.69) is 9.97 Å². The van der Waals surface area contributed by atoms with Gasteiger partial charge < -0.3 is 5.73 Å². The average molecular weight is 300 g/mol. The Labute approximate surface area is 120 Å². The van der Waals surface area contributed by atoms with Crippen molar-refractivity contribution in [2.45, 2.75) is 17.7 Å². The molecule has 2 aromatic rings. The average Bonchev–Trinajstić information content (AvgIpc) is 2.33. The maximum atomic E-state index is 6.09. The zero-order chi connectivity index (χ0) is 13.1. The summed E-state index contributed by atoms with van der Waals surface area (Å²) < 4.78 is 0. The maximum Gasteiger partial charge on any atom is 0.223 e. The van der Waals surface area contributed by atoms with Crippen molar-refractivity contribution in [1.29, 1.82) is 0 Å². The Morgan fingerprint density at radius 2 is 1.94 bits per heavy atom. The monoisotopic (exact) mass is 299 g/mol. The molecule has 0 radical (unpaired) electrons. The highest BCUT2D eigenvalue weighted by atomic mass is 35.5. The molecule has 1 aromatic carbocycles. The second-order valence-electron chi connectivity index (χ2n) is 3.68. The number of halogens is 2. The summed E-state index contributed by atoms with van der Waals surface area (Å²) >= 11 is 13.4. The Hall–Kier alpha value is -0.970. The zero-order valence-corrected chi connectivity index (χ0v) is 12.0. The van der Waals surface area contributed by atoms with Gasteiger partial charge >= 0.3 is 0 Å². The van der Waals surface area contributed by atoms with Gasteiger partial charge in [0.1, 0.15) is 5.03 Å². The summed E-state index contributed by atoms with van der Waals surface area (Å²) in [5.41, 5.74) is 8.21. The molecule has 0 spiro atoms. The second-order valence-corrected chi connectivity index (χ2v) is 5.39. The summed E-state index contributed by atoms with van der Waals surface area (Å²) in [5, 5.41) is 1.64. The molecular weight excluding hydrogens is 289 g/mol. The minimum absolute atomic E-state index is 0.211. The van der Waals surface area contributed by atoms with Crippen molar-refractivity contribution < 1.29 is 0 Å². The molecule has 6 heteroatoms. The summed E-state index contributed by atoms with van der Waals surface area (Å²) in [5.74, 6) is 0.691. The van der Waals surface area contributed by atoms with Crippen LogP contribution >= 0.6 is 35.0 Å². The lowest BCUT2D eigenvalue weighted by Crippen LogP contribution is -1.99. The summed E-state index contributed by atoms with van der Waals surface area (Å²) in [6.07, 6.45) is 0. The molecule has 0 fully saturated rings. The molecule has 0 saturated carbocycles. The number of hydrogen-bond donors (Lipinski definition) is 1. The number of thioether (sulfide) groups is 1. The molecule has 1 heterocycles. The van der Waals surface area contributed by atoms with Crippen molar-refractivity contribution in [2.75, 3.05) is 5.73 Å². The third-order valence-corrected chi connectivity index (χ3v) is 3.97. The van der Waals surface area contributed by atoms with E-state index in [0.717, 1.165) is 10.6 Å². The third-order valence-electron chi connectivity index (χ3n) is 2.40. The van der Waals surface area contributed by atoms with E-state index < -0.39 is 0 Å². The van der Waals surface area contributed by atoms with E-state index in [1.807, 2.05) is 31.2 Å². The number of aromatic nitrogens is 2. The Morgan fingerprint density at radius 1 is 1.22 bits per heavy atom. The molecular formula is C12H11Cl2N3S. The summed E-state index contributed by atoms with van der Waals surface area (Å²) in [6, 6.07) is 7.68. The van der Waals surface area contributed by atoms with Crippen LogP contribution in [-0.4, -0.2) is 9.97 Å². The van der Waals surface area contributed by atoms with E-state index in [9.17, 15) is 0 Å². The predicted octanol–water partition coefficient (Wildman–Crippen LogP) is 3.97. The van der Waals surface area contributed by atoms with Gasteiger partial charge in [-0.1, -0.05) is 41.6 Å². The first-order valence-electron chi connectivity index (χ1n) is 5.23. The number of rotatable bonds is 3. The molecule has 18 heavy (non-hydrogen) atoms. The number of hydrogen-bond acceptors (Lipinski definition) is 4. The maximum absolute atomic E-state index is 6.09. The van der Waals surface area contributed by atoms with Gasteiger partial charge in [-0.15, -0.1) is 0 Å². The lowest BCUT2D eigenvalue weighted by atomic mass is 10.2. The Kier molecular flexibility index (Phi) is 4.32. The zero-order valence-electron chi connectivity index (χ0n) is 9.65. The lowest BCUT2D eigenvalue weighted by Gasteiger charge is -2.08. The molecule has 94 valence electrons. The number of nitrogens with zero attached hydrogens (tertiary/aromatic N) is 2. The van der Waals surface area contributed by atoms with Crippen LogP contribution in [0, 0.1) is 6.92 Å². The Bertz CT molecular complexity index is 575. The van der Waals surface area contributed by atoms with Gasteiger partial charge in [-0.05, 0) is 30.2 Å². The normalized spacial score (nSPS) is 10.6. The van der Waals surface area contributed by atoms with Crippen LogP contribution in [0.5, 0.6) is 0 Å². The van der Waals surface area contributed by atoms with Gasteiger partial charge in [0.25, 0.3) is 0 Å². The van der Waals surface area contributed by atoms with Crippen LogP contribution in [0.3, 0.4) is 0 Å². The minimum Gasteiger partial charge on any atom is -0.395 e. The molecule has 2 rings (SSSR count). The highest BCUT2D eigenvalue weighted by Gasteiger charge is 2.09. The fraction of sp³-hybridized carbons (Fsp3) is 0.167. The highest BCUT2D eigenvalue weighted by Crippen LogP contribution is 2.30. The van der Waals surface area contributed by atoms with Gasteiger partial charge in [0, 0.05) is 10.8 Å². The third kappa shape index (κ3) is 3.07. The van der Waals surface area contributed by atoms with Gasteiger partial charge in [0.2, 0.25) is 5.28 Å². The van der Waals surface area contributed by atoms with Gasteiger partial charge in [-0.2, -0.15) is 0 Å². The molecule has 0 aliphatic rings. The van der Waals surface area contributed by atoms with E-state index in [0.29, 0.717) is 22.2 Å². The number of aryl methyl sites for hydroxylation is 1. The van der Waals surface area contributed by atoms with Crippen molar-refractivity contribution in [3.8, 4) is 0 Å². The van der Waals surface area contributed by atoms with Crippen LogP contribution in [0.15, 0.2) is 29.3 Å². The van der Waals surface area contributed by atoms with Crippen LogP contribution < -0.4 is 5.73 Å². The second kappa shape index (κ2) is 5.78. The van der Waals surface area contributed by atoms with Crippen LogP contribution in [0.1, 0.15) is 11.3 Å². The van der Waals surface area contributed by atoms with E-state index in [1.165, 1.54) is 11.8 Å². The van der Waals surface area contributed by atoms with Crippen molar-refractivity contribution in [1.82, 2.24) is 9.97 Å². The van der Waals surface area contributed by atoms with E-state index in [1.54, 1.807) is 0 Å². The smallest absolute Gasteiger partial charge is 0.223 e. The van der Waals surface area contributed by atoms with Gasteiger partial charge in [-0.3, -0.25) is 0 Å². The SMILES string of the molecule is Cc1nc(Cl)nc(SCc2ccccc2Cl)c1N. The molecule has 0 aliphatic carbocycles. The number of benzene rings is 1. The molecule has 0 amide bonds. The predicted molar refractivity (Wildman–Crippen MR) is 77.2 cm³/mol. The van der Waals surface area contributed by atoms with Crippen LogP contribution in [0.2, 0.25) is 10.3 Å². The quantitative estimate of drug-likeness (QED) is 0.529. The highest BCUT2D eigenvalue weighted by molar-refractivity contribution is 7.98. The standard InChI is InChI=1S/C12H11Cl2N3S/c1-7-10(15)11(17-12(14)16-7)18-6-8-4-2-3-5-9(8)13/h2-5H,6,15H2,1H3. The fourth-order valence-electron chi connectivity index (χ4n) is 1.39. The molecule has 0 unspecified atom stereocenters. The fourth-order valence-corrected chi connectivity index (χ4v) is 2.94. The molecule has 0 aliphatic heterocycles. The molecule has 2 N–H and O–H groups in total. The summed E-state index contributed by atoms with van der Waals surface area (Å²) in [6.45, 7) is 1.81. The molecule has 3 nitrogen and oxygen atoms in total. The molecule has 0 atom stereocenters. The minimum atomic E-state index is 0.211. The van der Waals surface area contributed by atoms with E-state index >= 15 is 0 Å². The molecule has 0 bridgehead atoms.